The lowest BCUT2D eigenvalue weighted by atomic mass is 9.90. The molecule has 1 unspecified atom stereocenters. The van der Waals surface area contributed by atoms with Crippen molar-refractivity contribution in [1.29, 1.82) is 0 Å². The number of halogens is 1. The fourth-order valence-electron chi connectivity index (χ4n) is 3.33. The summed E-state index contributed by atoms with van der Waals surface area (Å²) in [6, 6.07) is 14.0. The van der Waals surface area contributed by atoms with Gasteiger partial charge in [-0.15, -0.1) is 0 Å². The molecule has 0 aliphatic heterocycles. The molecule has 126 valence electrons. The van der Waals surface area contributed by atoms with E-state index in [4.69, 9.17) is 4.74 Å². The van der Waals surface area contributed by atoms with E-state index in [2.05, 4.69) is 25.9 Å². The zero-order valence-corrected chi connectivity index (χ0v) is 15.3. The van der Waals surface area contributed by atoms with Crippen molar-refractivity contribution in [3.05, 3.63) is 70.5 Å². The largest absolute Gasteiger partial charge is 0.465 e. The van der Waals surface area contributed by atoms with E-state index in [-0.39, 0.29) is 5.97 Å². The molecule has 4 rings (SSSR count). The number of esters is 1. The number of hydrogen-bond acceptors (Lipinski definition) is 2. The maximum absolute atomic E-state index is 12.9. The lowest BCUT2D eigenvalue weighted by molar-refractivity contribution is -0.143. The Balaban J connectivity index is 1.95. The van der Waals surface area contributed by atoms with Crippen molar-refractivity contribution in [2.45, 2.75) is 12.8 Å². The van der Waals surface area contributed by atoms with Gasteiger partial charge in [0, 0.05) is 38.7 Å². The molecule has 0 aliphatic rings. The summed E-state index contributed by atoms with van der Waals surface area (Å²) < 4.78 is 6.38. The van der Waals surface area contributed by atoms with Gasteiger partial charge in [0.15, 0.2) is 0 Å². The Morgan fingerprint density at radius 2 is 1.72 bits per heavy atom. The smallest absolute Gasteiger partial charge is 0.318 e. The molecule has 2 heterocycles. The van der Waals surface area contributed by atoms with Gasteiger partial charge in [-0.1, -0.05) is 34.1 Å². The molecule has 25 heavy (non-hydrogen) atoms. The van der Waals surface area contributed by atoms with Crippen LogP contribution < -0.4 is 0 Å². The van der Waals surface area contributed by atoms with Gasteiger partial charge in [0.05, 0.1) is 6.61 Å². The number of fused-ring (bicyclic) bond motifs is 2. The van der Waals surface area contributed by atoms with Crippen molar-refractivity contribution in [1.82, 2.24) is 9.97 Å². The number of carbonyl (C=O) groups excluding carboxylic acids is 1. The molecule has 2 aromatic carbocycles. The van der Waals surface area contributed by atoms with Crippen LogP contribution in [0.15, 0.2) is 59.3 Å². The van der Waals surface area contributed by atoms with E-state index in [9.17, 15) is 4.79 Å². The highest BCUT2D eigenvalue weighted by atomic mass is 79.9. The molecule has 0 saturated heterocycles. The van der Waals surface area contributed by atoms with Crippen LogP contribution in [0.5, 0.6) is 0 Å². The van der Waals surface area contributed by atoms with Crippen LogP contribution in [-0.4, -0.2) is 22.5 Å². The van der Waals surface area contributed by atoms with Gasteiger partial charge >= 0.3 is 5.97 Å². The molecule has 0 amide bonds. The molecule has 1 atom stereocenters. The van der Waals surface area contributed by atoms with Crippen molar-refractivity contribution in [2.24, 2.45) is 0 Å². The van der Waals surface area contributed by atoms with Crippen LogP contribution in [0.3, 0.4) is 0 Å². The second-order valence-electron chi connectivity index (χ2n) is 5.91. The van der Waals surface area contributed by atoms with Crippen molar-refractivity contribution < 1.29 is 9.53 Å². The standard InChI is InChI=1S/C20H17BrN2O2/c1-2-25-20(24)19(15-10-22-17-6-4-3-5-13(15)17)16-11-23-18-8-7-12(21)9-14(16)18/h3-11,19,22-23H,2H2,1H3. The molecular weight excluding hydrogens is 380 g/mol. The molecule has 4 aromatic rings. The Labute approximate surface area is 153 Å². The number of hydrogen-bond donors (Lipinski definition) is 2. The summed E-state index contributed by atoms with van der Waals surface area (Å²) in [6.07, 6.45) is 3.81. The van der Waals surface area contributed by atoms with Crippen LogP contribution in [0, 0.1) is 0 Å². The van der Waals surface area contributed by atoms with Crippen LogP contribution in [0.1, 0.15) is 24.0 Å². The summed E-state index contributed by atoms with van der Waals surface area (Å²) in [5, 5.41) is 2.04. The summed E-state index contributed by atoms with van der Waals surface area (Å²) in [5.74, 6) is -0.729. The summed E-state index contributed by atoms with van der Waals surface area (Å²) in [7, 11) is 0. The van der Waals surface area contributed by atoms with Gasteiger partial charge in [0.2, 0.25) is 0 Å². The van der Waals surface area contributed by atoms with E-state index in [0.29, 0.717) is 6.61 Å². The third-order valence-corrected chi connectivity index (χ3v) is 4.93. The van der Waals surface area contributed by atoms with Crippen molar-refractivity contribution in [3.63, 3.8) is 0 Å². The molecule has 0 spiro atoms. The molecule has 0 aliphatic carbocycles. The number of rotatable bonds is 4. The second-order valence-corrected chi connectivity index (χ2v) is 6.82. The molecule has 0 saturated carbocycles. The van der Waals surface area contributed by atoms with Crippen molar-refractivity contribution in [3.8, 4) is 0 Å². The number of para-hydroxylation sites is 1. The first-order valence-electron chi connectivity index (χ1n) is 8.18. The normalized spacial score (nSPS) is 12.6. The lowest BCUT2D eigenvalue weighted by Crippen LogP contribution is -2.16. The van der Waals surface area contributed by atoms with E-state index in [0.717, 1.165) is 37.4 Å². The molecular formula is C20H17BrN2O2. The summed E-state index contributed by atoms with van der Waals surface area (Å²) in [6.45, 7) is 2.18. The van der Waals surface area contributed by atoms with Crippen LogP contribution in [-0.2, 0) is 9.53 Å². The average molecular weight is 397 g/mol. The molecule has 2 aromatic heterocycles. The average Bonchev–Trinajstić information content (AvgIpc) is 3.21. The van der Waals surface area contributed by atoms with Gasteiger partial charge in [-0.05, 0) is 42.3 Å². The third kappa shape index (κ3) is 2.74. The van der Waals surface area contributed by atoms with E-state index in [1.54, 1.807) is 0 Å². The highest BCUT2D eigenvalue weighted by Gasteiger charge is 2.29. The van der Waals surface area contributed by atoms with E-state index in [1.807, 2.05) is 61.8 Å². The highest BCUT2D eigenvalue weighted by Crippen LogP contribution is 2.36. The highest BCUT2D eigenvalue weighted by molar-refractivity contribution is 9.10. The first kappa shape index (κ1) is 16.0. The monoisotopic (exact) mass is 396 g/mol. The SMILES string of the molecule is CCOC(=O)C(c1c[nH]c2ccccc12)c1c[nH]c2ccc(Br)cc12. The topological polar surface area (TPSA) is 57.9 Å². The molecule has 0 bridgehead atoms. The van der Waals surface area contributed by atoms with Crippen LogP contribution in [0.2, 0.25) is 0 Å². The fraction of sp³-hybridized carbons (Fsp3) is 0.150. The number of nitrogens with one attached hydrogen (secondary N) is 2. The van der Waals surface area contributed by atoms with Gasteiger partial charge in [0.1, 0.15) is 5.92 Å². The first-order valence-corrected chi connectivity index (χ1v) is 8.97. The number of aromatic nitrogens is 2. The number of ether oxygens (including phenoxy) is 1. The minimum atomic E-state index is -0.487. The summed E-state index contributed by atoms with van der Waals surface area (Å²) in [4.78, 5) is 19.4. The Morgan fingerprint density at radius 1 is 1.04 bits per heavy atom. The zero-order valence-electron chi connectivity index (χ0n) is 13.7. The minimum absolute atomic E-state index is 0.242. The first-order chi connectivity index (χ1) is 12.2. The molecule has 4 nitrogen and oxygen atoms in total. The van der Waals surface area contributed by atoms with E-state index in [1.165, 1.54) is 0 Å². The Hall–Kier alpha value is -2.53. The maximum Gasteiger partial charge on any atom is 0.318 e. The van der Waals surface area contributed by atoms with Gasteiger partial charge in [-0.25, -0.2) is 0 Å². The quantitative estimate of drug-likeness (QED) is 0.471. The number of aromatic amines is 2. The third-order valence-electron chi connectivity index (χ3n) is 4.44. The van der Waals surface area contributed by atoms with Gasteiger partial charge in [0.25, 0.3) is 0 Å². The molecule has 0 radical (unpaired) electrons. The predicted octanol–water partition coefficient (Wildman–Crippen LogP) is 5.11. The van der Waals surface area contributed by atoms with Crippen molar-refractivity contribution in [2.75, 3.05) is 6.61 Å². The lowest BCUT2D eigenvalue weighted by Gasteiger charge is -2.15. The number of H-pyrrole nitrogens is 2. The van der Waals surface area contributed by atoms with E-state index < -0.39 is 5.92 Å². The van der Waals surface area contributed by atoms with Gasteiger partial charge < -0.3 is 14.7 Å². The molecule has 0 fully saturated rings. The van der Waals surface area contributed by atoms with Crippen LogP contribution in [0.25, 0.3) is 21.8 Å². The summed E-state index contributed by atoms with van der Waals surface area (Å²) in [5.41, 5.74) is 3.84. The van der Waals surface area contributed by atoms with Crippen LogP contribution >= 0.6 is 15.9 Å². The van der Waals surface area contributed by atoms with E-state index >= 15 is 0 Å². The maximum atomic E-state index is 12.9. The van der Waals surface area contributed by atoms with Gasteiger partial charge in [-0.3, -0.25) is 4.79 Å². The fourth-order valence-corrected chi connectivity index (χ4v) is 3.69. The Morgan fingerprint density at radius 3 is 2.48 bits per heavy atom. The Bertz CT molecular complexity index is 1060. The second kappa shape index (κ2) is 6.41. The number of benzene rings is 2. The van der Waals surface area contributed by atoms with Gasteiger partial charge in [-0.2, -0.15) is 0 Å². The predicted molar refractivity (Wildman–Crippen MR) is 103 cm³/mol. The van der Waals surface area contributed by atoms with Crippen molar-refractivity contribution >= 4 is 43.7 Å². The number of carbonyl (C=O) groups is 1. The minimum Gasteiger partial charge on any atom is -0.465 e. The summed E-state index contributed by atoms with van der Waals surface area (Å²) >= 11 is 3.52. The molecule has 5 heteroatoms. The van der Waals surface area contributed by atoms with Crippen LogP contribution in [0.4, 0.5) is 0 Å². The zero-order chi connectivity index (χ0) is 17.4. The molecule has 2 N–H and O–H groups in total. The Kier molecular flexibility index (Phi) is 4.09.